The number of halogens is 3. The molecule has 0 bridgehead atoms. The van der Waals surface area contributed by atoms with Crippen LogP contribution in [0.3, 0.4) is 0 Å². The lowest BCUT2D eigenvalue weighted by molar-refractivity contribution is 0.0535. The molecule has 1 aliphatic heterocycles. The molecule has 1 aliphatic rings. The molecule has 0 saturated carbocycles. The second kappa shape index (κ2) is 7.76. The Labute approximate surface area is 164 Å². The summed E-state index contributed by atoms with van der Waals surface area (Å²) >= 11 is 9.47. The smallest absolute Gasteiger partial charge is 0.255 e. The molecule has 0 atom stereocenters. The maximum Gasteiger partial charge on any atom is 0.255 e. The zero-order chi connectivity index (χ0) is 18.8. The summed E-state index contributed by atoms with van der Waals surface area (Å²) in [5, 5.41) is 0.395. The van der Waals surface area contributed by atoms with Gasteiger partial charge in [0.15, 0.2) is 0 Å². The van der Waals surface area contributed by atoms with Gasteiger partial charge in [0.1, 0.15) is 5.82 Å². The van der Waals surface area contributed by atoms with Crippen molar-refractivity contribution in [2.75, 3.05) is 26.2 Å². The number of piperazine rings is 1. The standard InChI is InChI=1S/C19H17BrClFN2O2/c1-12-2-3-13(10-17(12)22)18(25)23-6-8-24(9-7-23)19(26)15-11-14(20)4-5-16(15)21/h2-5,10-11H,6-9H2,1H3. The molecule has 0 spiro atoms. The molecule has 0 unspecified atom stereocenters. The second-order valence-electron chi connectivity index (χ2n) is 6.17. The highest BCUT2D eigenvalue weighted by molar-refractivity contribution is 9.10. The van der Waals surface area contributed by atoms with Gasteiger partial charge in [0, 0.05) is 36.2 Å². The van der Waals surface area contributed by atoms with E-state index >= 15 is 0 Å². The fraction of sp³-hybridized carbons (Fsp3) is 0.263. The molecule has 2 amide bonds. The van der Waals surface area contributed by atoms with Crippen LogP contribution in [-0.2, 0) is 0 Å². The molecule has 1 saturated heterocycles. The molecule has 0 aromatic heterocycles. The maximum absolute atomic E-state index is 13.7. The lowest BCUT2D eigenvalue weighted by atomic mass is 10.1. The Balaban J connectivity index is 1.67. The highest BCUT2D eigenvalue weighted by atomic mass is 79.9. The Hall–Kier alpha value is -1.92. The van der Waals surface area contributed by atoms with Crippen LogP contribution in [0, 0.1) is 12.7 Å². The third kappa shape index (κ3) is 3.91. The van der Waals surface area contributed by atoms with E-state index in [1.54, 1.807) is 47.1 Å². The summed E-state index contributed by atoms with van der Waals surface area (Å²) in [6.45, 7) is 3.25. The highest BCUT2D eigenvalue weighted by Crippen LogP contribution is 2.23. The van der Waals surface area contributed by atoms with Crippen LogP contribution in [0.25, 0.3) is 0 Å². The topological polar surface area (TPSA) is 40.6 Å². The molecule has 2 aromatic carbocycles. The van der Waals surface area contributed by atoms with E-state index in [2.05, 4.69) is 15.9 Å². The lowest BCUT2D eigenvalue weighted by Gasteiger charge is -2.35. The van der Waals surface area contributed by atoms with Crippen molar-refractivity contribution in [1.29, 1.82) is 0 Å². The van der Waals surface area contributed by atoms with Gasteiger partial charge in [-0.3, -0.25) is 9.59 Å². The van der Waals surface area contributed by atoms with Gasteiger partial charge in [-0.05, 0) is 42.8 Å². The van der Waals surface area contributed by atoms with Crippen molar-refractivity contribution in [3.63, 3.8) is 0 Å². The number of benzene rings is 2. The van der Waals surface area contributed by atoms with Crippen LogP contribution in [0.2, 0.25) is 5.02 Å². The van der Waals surface area contributed by atoms with Crippen molar-refractivity contribution in [3.8, 4) is 0 Å². The molecule has 3 rings (SSSR count). The third-order valence-corrected chi connectivity index (χ3v) is 5.25. The first-order valence-electron chi connectivity index (χ1n) is 8.16. The van der Waals surface area contributed by atoms with Crippen LogP contribution in [0.5, 0.6) is 0 Å². The first-order valence-corrected chi connectivity index (χ1v) is 9.33. The predicted octanol–water partition coefficient (Wildman–Crippen LogP) is 4.15. The van der Waals surface area contributed by atoms with Gasteiger partial charge < -0.3 is 9.80 Å². The summed E-state index contributed by atoms with van der Waals surface area (Å²) in [6, 6.07) is 9.62. The summed E-state index contributed by atoms with van der Waals surface area (Å²) in [6.07, 6.45) is 0. The molecule has 0 radical (unpaired) electrons. The van der Waals surface area contributed by atoms with Gasteiger partial charge in [-0.2, -0.15) is 0 Å². The quantitative estimate of drug-likeness (QED) is 0.705. The molecule has 7 heteroatoms. The fourth-order valence-electron chi connectivity index (χ4n) is 2.85. The van der Waals surface area contributed by atoms with Crippen LogP contribution in [0.15, 0.2) is 40.9 Å². The lowest BCUT2D eigenvalue weighted by Crippen LogP contribution is -2.50. The summed E-state index contributed by atoms with van der Waals surface area (Å²) in [7, 11) is 0. The minimum Gasteiger partial charge on any atom is -0.335 e. The molecule has 0 N–H and O–H groups in total. The van der Waals surface area contributed by atoms with Gasteiger partial charge in [-0.25, -0.2) is 4.39 Å². The molecule has 0 aliphatic carbocycles. The van der Waals surface area contributed by atoms with E-state index in [9.17, 15) is 14.0 Å². The Kier molecular flexibility index (Phi) is 5.63. The molecule has 26 heavy (non-hydrogen) atoms. The van der Waals surface area contributed by atoms with Gasteiger partial charge in [0.05, 0.1) is 10.6 Å². The number of hydrogen-bond acceptors (Lipinski definition) is 2. The molecule has 1 fully saturated rings. The van der Waals surface area contributed by atoms with Gasteiger partial charge in [0.2, 0.25) is 0 Å². The monoisotopic (exact) mass is 438 g/mol. The first-order chi connectivity index (χ1) is 12.4. The van der Waals surface area contributed by atoms with Gasteiger partial charge in [-0.1, -0.05) is 33.6 Å². The Morgan fingerprint density at radius 1 is 1.00 bits per heavy atom. The van der Waals surface area contributed by atoms with E-state index in [4.69, 9.17) is 11.6 Å². The van der Waals surface area contributed by atoms with Crippen molar-refractivity contribution < 1.29 is 14.0 Å². The zero-order valence-electron chi connectivity index (χ0n) is 14.1. The zero-order valence-corrected chi connectivity index (χ0v) is 16.5. The number of rotatable bonds is 2. The van der Waals surface area contributed by atoms with E-state index < -0.39 is 5.82 Å². The predicted molar refractivity (Wildman–Crippen MR) is 102 cm³/mol. The Morgan fingerprint density at radius 3 is 2.23 bits per heavy atom. The van der Waals surface area contributed by atoms with Crippen molar-refractivity contribution >= 4 is 39.3 Å². The minimum atomic E-state index is -0.394. The van der Waals surface area contributed by atoms with Gasteiger partial charge >= 0.3 is 0 Å². The molecule has 4 nitrogen and oxygen atoms in total. The Bertz CT molecular complexity index is 867. The van der Waals surface area contributed by atoms with Crippen molar-refractivity contribution in [2.24, 2.45) is 0 Å². The van der Waals surface area contributed by atoms with Crippen molar-refractivity contribution in [2.45, 2.75) is 6.92 Å². The molecule has 2 aromatic rings. The number of nitrogens with zero attached hydrogens (tertiary/aromatic N) is 2. The minimum absolute atomic E-state index is 0.162. The summed E-state index contributed by atoms with van der Waals surface area (Å²) in [5.74, 6) is -0.782. The average Bonchev–Trinajstić information content (AvgIpc) is 2.65. The summed E-state index contributed by atoms with van der Waals surface area (Å²) < 4.78 is 14.5. The van der Waals surface area contributed by atoms with E-state index in [1.807, 2.05) is 0 Å². The van der Waals surface area contributed by atoms with E-state index in [-0.39, 0.29) is 11.8 Å². The van der Waals surface area contributed by atoms with Crippen molar-refractivity contribution in [1.82, 2.24) is 9.80 Å². The van der Waals surface area contributed by atoms with Crippen LogP contribution >= 0.6 is 27.5 Å². The summed E-state index contributed by atoms with van der Waals surface area (Å²) in [4.78, 5) is 28.5. The van der Waals surface area contributed by atoms with Crippen LogP contribution < -0.4 is 0 Å². The third-order valence-electron chi connectivity index (χ3n) is 4.43. The van der Waals surface area contributed by atoms with Crippen LogP contribution in [0.4, 0.5) is 4.39 Å². The fourth-order valence-corrected chi connectivity index (χ4v) is 3.41. The second-order valence-corrected chi connectivity index (χ2v) is 7.50. The summed E-state index contributed by atoms with van der Waals surface area (Å²) in [5.41, 5.74) is 1.26. The van der Waals surface area contributed by atoms with E-state index in [0.717, 1.165) is 4.47 Å². The van der Waals surface area contributed by atoms with Gasteiger partial charge in [-0.15, -0.1) is 0 Å². The molecule has 136 valence electrons. The molecular formula is C19H17BrClFN2O2. The van der Waals surface area contributed by atoms with Crippen molar-refractivity contribution in [3.05, 3.63) is 68.4 Å². The number of hydrogen-bond donors (Lipinski definition) is 0. The van der Waals surface area contributed by atoms with Crippen LogP contribution in [-0.4, -0.2) is 47.8 Å². The normalized spacial score (nSPS) is 14.5. The molecule has 1 heterocycles. The molecular weight excluding hydrogens is 423 g/mol. The average molecular weight is 440 g/mol. The first kappa shape index (κ1) is 18.9. The number of carbonyl (C=O) groups excluding carboxylic acids is 2. The number of aryl methyl sites for hydroxylation is 1. The van der Waals surface area contributed by atoms with E-state index in [1.165, 1.54) is 6.07 Å². The maximum atomic E-state index is 13.7. The van der Waals surface area contributed by atoms with Crippen LogP contribution in [0.1, 0.15) is 26.3 Å². The Morgan fingerprint density at radius 2 is 1.62 bits per heavy atom. The number of carbonyl (C=O) groups is 2. The van der Waals surface area contributed by atoms with Gasteiger partial charge in [0.25, 0.3) is 11.8 Å². The highest BCUT2D eigenvalue weighted by Gasteiger charge is 2.26. The number of amides is 2. The van der Waals surface area contributed by atoms with E-state index in [0.29, 0.717) is 47.9 Å². The SMILES string of the molecule is Cc1ccc(C(=O)N2CCN(C(=O)c3cc(Br)ccc3Cl)CC2)cc1F. The largest absolute Gasteiger partial charge is 0.335 e.